The highest BCUT2D eigenvalue weighted by Crippen LogP contribution is 2.28. The van der Waals surface area contributed by atoms with Gasteiger partial charge in [-0.15, -0.1) is 5.10 Å². The molecule has 1 aromatic carbocycles. The largest absolute Gasteiger partial charge is 0.354 e. The Morgan fingerprint density at radius 1 is 1.29 bits per heavy atom. The van der Waals surface area contributed by atoms with E-state index in [0.29, 0.717) is 18.8 Å². The van der Waals surface area contributed by atoms with Crippen LogP contribution in [0.25, 0.3) is 5.69 Å². The number of fused-ring (bicyclic) bond motifs is 1. The van der Waals surface area contributed by atoms with Crippen LogP contribution in [0.4, 0.5) is 4.39 Å². The van der Waals surface area contributed by atoms with Crippen LogP contribution in [-0.4, -0.2) is 50.8 Å². The van der Waals surface area contributed by atoms with Gasteiger partial charge in [0.1, 0.15) is 5.82 Å². The Balaban J connectivity index is 1.57. The number of benzene rings is 1. The van der Waals surface area contributed by atoms with Gasteiger partial charge in [-0.1, -0.05) is 0 Å². The van der Waals surface area contributed by atoms with E-state index in [1.54, 1.807) is 17.0 Å². The number of carbonyl (C=O) groups excluding carboxylic acids is 2. The molecular weight excluding hydrogens is 313 g/mol. The van der Waals surface area contributed by atoms with Crippen molar-refractivity contribution in [3.8, 4) is 5.69 Å². The lowest BCUT2D eigenvalue weighted by atomic mass is 9.91. The summed E-state index contributed by atoms with van der Waals surface area (Å²) in [5.74, 6) is -0.683. The molecule has 8 heteroatoms. The predicted octanol–water partition coefficient (Wildman–Crippen LogP) is 0.757. The summed E-state index contributed by atoms with van der Waals surface area (Å²) in [7, 11) is 0. The Labute approximate surface area is 137 Å². The molecular formula is C16H16FN5O2. The Morgan fingerprint density at radius 3 is 2.88 bits per heavy atom. The van der Waals surface area contributed by atoms with Crippen LogP contribution in [0.15, 0.2) is 30.5 Å². The number of likely N-dealkylation sites (tertiary alicyclic amines) is 1. The highest BCUT2D eigenvalue weighted by atomic mass is 19.1. The lowest BCUT2D eigenvalue weighted by Crippen LogP contribution is -2.48. The minimum absolute atomic E-state index is 0.0208. The number of amides is 2. The fourth-order valence-corrected chi connectivity index (χ4v) is 3.41. The molecule has 2 atom stereocenters. The molecule has 0 aliphatic carbocycles. The van der Waals surface area contributed by atoms with Crippen LogP contribution < -0.4 is 5.32 Å². The van der Waals surface area contributed by atoms with Crippen LogP contribution >= 0.6 is 0 Å². The molecule has 0 radical (unpaired) electrons. The number of carbonyl (C=O) groups is 2. The third-order valence-corrected chi connectivity index (χ3v) is 4.63. The zero-order chi connectivity index (χ0) is 16.7. The van der Waals surface area contributed by atoms with Gasteiger partial charge < -0.3 is 10.2 Å². The number of nitrogens with zero attached hydrogens (tertiary/aromatic N) is 4. The maximum absolute atomic E-state index is 13.0. The zero-order valence-corrected chi connectivity index (χ0v) is 12.9. The molecule has 1 aromatic heterocycles. The minimum atomic E-state index is -0.347. The molecule has 2 amide bonds. The van der Waals surface area contributed by atoms with Gasteiger partial charge in [-0.25, -0.2) is 4.39 Å². The predicted molar refractivity (Wildman–Crippen MR) is 81.9 cm³/mol. The van der Waals surface area contributed by atoms with Crippen molar-refractivity contribution in [2.45, 2.75) is 18.9 Å². The summed E-state index contributed by atoms with van der Waals surface area (Å²) in [4.78, 5) is 27.6. The van der Waals surface area contributed by atoms with Crippen LogP contribution in [0.3, 0.4) is 0 Å². The van der Waals surface area contributed by atoms with Crippen molar-refractivity contribution in [2.75, 3.05) is 13.1 Å². The van der Waals surface area contributed by atoms with Crippen molar-refractivity contribution in [1.82, 2.24) is 25.2 Å². The lowest BCUT2D eigenvalue weighted by Gasteiger charge is -2.35. The van der Waals surface area contributed by atoms with E-state index in [-0.39, 0.29) is 35.3 Å². The topological polar surface area (TPSA) is 80.1 Å². The molecule has 4 rings (SSSR count). The Morgan fingerprint density at radius 2 is 2.08 bits per heavy atom. The smallest absolute Gasteiger partial charge is 0.276 e. The monoisotopic (exact) mass is 329 g/mol. The average Bonchev–Trinajstić information content (AvgIpc) is 3.23. The second kappa shape index (κ2) is 5.70. The third-order valence-electron chi connectivity index (χ3n) is 4.63. The van der Waals surface area contributed by atoms with Crippen LogP contribution in [0, 0.1) is 11.7 Å². The normalized spacial score (nSPS) is 23.0. The quantitative estimate of drug-likeness (QED) is 0.882. The number of hydrogen-bond acceptors (Lipinski definition) is 4. The van der Waals surface area contributed by atoms with E-state index < -0.39 is 0 Å². The van der Waals surface area contributed by atoms with Gasteiger partial charge in [0.2, 0.25) is 5.91 Å². The third kappa shape index (κ3) is 2.44. The number of hydrogen-bond donors (Lipinski definition) is 1. The molecule has 2 saturated heterocycles. The van der Waals surface area contributed by atoms with E-state index in [2.05, 4.69) is 15.5 Å². The molecule has 2 aliphatic rings. The van der Waals surface area contributed by atoms with Gasteiger partial charge in [0.15, 0.2) is 5.69 Å². The molecule has 0 spiro atoms. The van der Waals surface area contributed by atoms with E-state index in [1.807, 2.05) is 0 Å². The number of rotatable bonds is 2. The van der Waals surface area contributed by atoms with Crippen molar-refractivity contribution >= 4 is 11.8 Å². The van der Waals surface area contributed by atoms with E-state index in [4.69, 9.17) is 0 Å². The summed E-state index contributed by atoms with van der Waals surface area (Å²) in [5, 5.41) is 11.1. The molecule has 7 nitrogen and oxygen atoms in total. The second-order valence-electron chi connectivity index (χ2n) is 6.06. The van der Waals surface area contributed by atoms with Crippen molar-refractivity contribution in [2.24, 2.45) is 5.92 Å². The van der Waals surface area contributed by atoms with Gasteiger partial charge in [-0.2, -0.15) is 9.90 Å². The first-order valence-corrected chi connectivity index (χ1v) is 7.90. The number of nitrogens with one attached hydrogen (secondary N) is 1. The molecule has 0 unspecified atom stereocenters. The summed E-state index contributed by atoms with van der Waals surface area (Å²) in [6.07, 6.45) is 3.01. The second-order valence-corrected chi connectivity index (χ2v) is 6.06. The molecule has 3 heterocycles. The van der Waals surface area contributed by atoms with Gasteiger partial charge in [-0.3, -0.25) is 9.59 Å². The molecule has 0 saturated carbocycles. The van der Waals surface area contributed by atoms with Crippen molar-refractivity contribution in [3.05, 3.63) is 42.0 Å². The number of halogens is 1. The van der Waals surface area contributed by atoms with Gasteiger partial charge in [-0.05, 0) is 37.1 Å². The number of piperidine rings is 1. The van der Waals surface area contributed by atoms with E-state index in [9.17, 15) is 14.0 Å². The summed E-state index contributed by atoms with van der Waals surface area (Å²) in [6.45, 7) is 1.10. The van der Waals surface area contributed by atoms with Gasteiger partial charge >= 0.3 is 0 Å². The molecule has 2 aromatic rings. The molecule has 2 fully saturated rings. The fraction of sp³-hybridized carbons (Fsp3) is 0.375. The Hall–Kier alpha value is -2.77. The fourth-order valence-electron chi connectivity index (χ4n) is 3.41. The highest BCUT2D eigenvalue weighted by molar-refractivity contribution is 5.93. The molecule has 24 heavy (non-hydrogen) atoms. The molecule has 0 bridgehead atoms. The highest BCUT2D eigenvalue weighted by Gasteiger charge is 2.43. The van der Waals surface area contributed by atoms with Crippen LogP contribution in [0.5, 0.6) is 0 Å². The van der Waals surface area contributed by atoms with Crippen LogP contribution in [0.2, 0.25) is 0 Å². The Kier molecular flexibility index (Phi) is 3.51. The Bertz CT molecular complexity index is 788. The standard InChI is InChI=1S/C16H16FN5O2/c17-10-3-5-11(6-4-10)22-19-8-13(20-22)16(24)21-7-1-2-12-14(21)9-18-15(12)23/h3-6,8,12,14H,1-2,7,9H2,(H,18,23)/t12-,14+/m0/s1. The van der Waals surface area contributed by atoms with E-state index in [0.717, 1.165) is 12.8 Å². The maximum atomic E-state index is 13.0. The summed E-state index contributed by atoms with van der Waals surface area (Å²) >= 11 is 0. The van der Waals surface area contributed by atoms with E-state index in [1.165, 1.54) is 23.1 Å². The van der Waals surface area contributed by atoms with E-state index >= 15 is 0 Å². The zero-order valence-electron chi connectivity index (χ0n) is 12.9. The van der Waals surface area contributed by atoms with Crippen molar-refractivity contribution in [1.29, 1.82) is 0 Å². The first-order valence-electron chi connectivity index (χ1n) is 7.90. The average molecular weight is 329 g/mol. The summed E-state index contributed by atoms with van der Waals surface area (Å²) in [6, 6.07) is 5.59. The van der Waals surface area contributed by atoms with Gasteiger partial charge in [0.25, 0.3) is 5.91 Å². The van der Waals surface area contributed by atoms with Crippen molar-refractivity contribution < 1.29 is 14.0 Å². The first-order chi connectivity index (χ1) is 11.6. The summed E-state index contributed by atoms with van der Waals surface area (Å²) in [5.41, 5.74) is 0.795. The SMILES string of the molecule is O=C1NC[C@@H]2[C@@H]1CCCN2C(=O)c1cnn(-c2ccc(F)cc2)n1. The van der Waals surface area contributed by atoms with Crippen LogP contribution in [0.1, 0.15) is 23.3 Å². The van der Waals surface area contributed by atoms with Gasteiger partial charge in [0.05, 0.1) is 23.8 Å². The van der Waals surface area contributed by atoms with Gasteiger partial charge in [0, 0.05) is 13.1 Å². The van der Waals surface area contributed by atoms with Crippen molar-refractivity contribution in [3.63, 3.8) is 0 Å². The minimum Gasteiger partial charge on any atom is -0.354 e. The summed E-state index contributed by atoms with van der Waals surface area (Å²) < 4.78 is 13.0. The lowest BCUT2D eigenvalue weighted by molar-refractivity contribution is -0.123. The molecule has 2 aliphatic heterocycles. The number of aromatic nitrogens is 3. The maximum Gasteiger partial charge on any atom is 0.276 e. The van der Waals surface area contributed by atoms with Crippen LogP contribution in [-0.2, 0) is 4.79 Å². The first kappa shape index (κ1) is 14.8. The molecule has 124 valence electrons. The molecule has 1 N–H and O–H groups in total.